The standard InChI is InChI=1S/C22H21BrN2O2S/c1-14-3-6-16(7-4-14)18-10-12-28-21(18)22(27)24-11-9-20(26)25-19-13-17(23)8-5-15(19)2/h3-8,10,12-13H,9,11H2,1-2H3,(H,24,27)(H,25,26). The molecule has 4 nitrogen and oxygen atoms in total. The van der Waals surface area contributed by atoms with E-state index in [-0.39, 0.29) is 24.8 Å². The van der Waals surface area contributed by atoms with Gasteiger partial charge in [0, 0.05) is 28.7 Å². The Kier molecular flexibility index (Phi) is 6.65. The fourth-order valence-electron chi connectivity index (χ4n) is 2.76. The molecule has 0 atom stereocenters. The quantitative estimate of drug-likeness (QED) is 0.510. The summed E-state index contributed by atoms with van der Waals surface area (Å²) in [5.74, 6) is -0.288. The molecule has 0 unspecified atom stereocenters. The molecule has 2 amide bonds. The van der Waals surface area contributed by atoms with E-state index in [2.05, 4.69) is 26.6 Å². The van der Waals surface area contributed by atoms with Crippen LogP contribution in [0.15, 0.2) is 58.4 Å². The van der Waals surface area contributed by atoms with Crippen molar-refractivity contribution in [2.45, 2.75) is 20.3 Å². The number of carbonyl (C=O) groups is 2. The highest BCUT2D eigenvalue weighted by Gasteiger charge is 2.15. The molecule has 1 aromatic heterocycles. The van der Waals surface area contributed by atoms with Crippen LogP contribution in [-0.2, 0) is 4.79 Å². The zero-order chi connectivity index (χ0) is 20.1. The molecular weight excluding hydrogens is 436 g/mol. The van der Waals surface area contributed by atoms with Crippen molar-refractivity contribution in [3.63, 3.8) is 0 Å². The second-order valence-electron chi connectivity index (χ2n) is 6.54. The van der Waals surface area contributed by atoms with E-state index in [4.69, 9.17) is 0 Å². The zero-order valence-corrected chi connectivity index (χ0v) is 18.1. The van der Waals surface area contributed by atoms with Gasteiger partial charge in [0.05, 0.1) is 4.88 Å². The Bertz CT molecular complexity index is 996. The monoisotopic (exact) mass is 456 g/mol. The van der Waals surface area contributed by atoms with Crippen LogP contribution in [0, 0.1) is 13.8 Å². The van der Waals surface area contributed by atoms with Crippen molar-refractivity contribution in [2.24, 2.45) is 0 Å². The summed E-state index contributed by atoms with van der Waals surface area (Å²) < 4.78 is 0.906. The van der Waals surface area contributed by atoms with E-state index in [1.807, 2.05) is 67.8 Å². The van der Waals surface area contributed by atoms with Gasteiger partial charge < -0.3 is 10.6 Å². The van der Waals surface area contributed by atoms with Crippen LogP contribution < -0.4 is 10.6 Å². The van der Waals surface area contributed by atoms with Crippen molar-refractivity contribution in [3.05, 3.63) is 74.4 Å². The molecule has 3 rings (SSSR count). The minimum atomic E-state index is -0.156. The summed E-state index contributed by atoms with van der Waals surface area (Å²) in [4.78, 5) is 25.4. The first kappa shape index (κ1) is 20.3. The molecule has 6 heteroatoms. The third kappa shape index (κ3) is 5.09. The topological polar surface area (TPSA) is 58.2 Å². The number of carbonyl (C=O) groups excluding carboxylic acids is 2. The lowest BCUT2D eigenvalue weighted by atomic mass is 10.0. The third-order valence-corrected chi connectivity index (χ3v) is 5.75. The van der Waals surface area contributed by atoms with Crippen molar-refractivity contribution in [3.8, 4) is 11.1 Å². The maximum atomic E-state index is 12.6. The summed E-state index contributed by atoms with van der Waals surface area (Å²) >= 11 is 4.81. The maximum absolute atomic E-state index is 12.6. The van der Waals surface area contributed by atoms with Gasteiger partial charge in [0.2, 0.25) is 5.91 Å². The van der Waals surface area contributed by atoms with Gasteiger partial charge in [-0.3, -0.25) is 9.59 Å². The fraction of sp³-hybridized carbons (Fsp3) is 0.182. The van der Waals surface area contributed by atoms with Crippen LogP contribution in [0.1, 0.15) is 27.2 Å². The second-order valence-corrected chi connectivity index (χ2v) is 8.37. The largest absolute Gasteiger partial charge is 0.351 e. The van der Waals surface area contributed by atoms with Crippen LogP contribution in [-0.4, -0.2) is 18.4 Å². The highest BCUT2D eigenvalue weighted by atomic mass is 79.9. The molecule has 2 aromatic carbocycles. The average molecular weight is 457 g/mol. The summed E-state index contributed by atoms with van der Waals surface area (Å²) in [5, 5.41) is 7.64. The second kappa shape index (κ2) is 9.17. The molecule has 0 aliphatic carbocycles. The van der Waals surface area contributed by atoms with Crippen molar-refractivity contribution < 1.29 is 9.59 Å². The van der Waals surface area contributed by atoms with Crippen molar-refractivity contribution in [1.29, 1.82) is 0 Å². The van der Waals surface area contributed by atoms with Gasteiger partial charge in [0.1, 0.15) is 0 Å². The normalized spacial score (nSPS) is 10.5. The van der Waals surface area contributed by atoms with Gasteiger partial charge in [-0.05, 0) is 48.6 Å². The molecule has 2 N–H and O–H groups in total. The molecular formula is C22H21BrN2O2S. The number of rotatable bonds is 6. The van der Waals surface area contributed by atoms with Crippen LogP contribution in [0.4, 0.5) is 5.69 Å². The van der Waals surface area contributed by atoms with E-state index in [0.29, 0.717) is 4.88 Å². The average Bonchev–Trinajstić information content (AvgIpc) is 3.15. The predicted molar refractivity (Wildman–Crippen MR) is 119 cm³/mol. The number of benzene rings is 2. The number of thiophene rings is 1. The molecule has 1 heterocycles. The fourth-order valence-corrected chi connectivity index (χ4v) is 3.95. The first-order valence-corrected chi connectivity index (χ1v) is 10.6. The predicted octanol–water partition coefficient (Wildman–Crippen LogP) is 5.55. The Balaban J connectivity index is 1.56. The van der Waals surface area contributed by atoms with E-state index >= 15 is 0 Å². The van der Waals surface area contributed by atoms with Crippen molar-refractivity contribution >= 4 is 44.8 Å². The van der Waals surface area contributed by atoms with Gasteiger partial charge >= 0.3 is 0 Å². The Morgan fingerprint density at radius 3 is 2.54 bits per heavy atom. The van der Waals surface area contributed by atoms with Crippen molar-refractivity contribution in [1.82, 2.24) is 5.32 Å². The van der Waals surface area contributed by atoms with Crippen LogP contribution in [0.25, 0.3) is 11.1 Å². The van der Waals surface area contributed by atoms with E-state index < -0.39 is 0 Å². The number of hydrogen-bond acceptors (Lipinski definition) is 3. The summed E-state index contributed by atoms with van der Waals surface area (Å²) in [6.45, 7) is 4.25. The van der Waals surface area contributed by atoms with Gasteiger partial charge in [-0.1, -0.05) is 51.8 Å². The first-order chi connectivity index (χ1) is 13.4. The molecule has 0 radical (unpaired) electrons. The minimum absolute atomic E-state index is 0.133. The van der Waals surface area contributed by atoms with Crippen LogP contribution in [0.2, 0.25) is 0 Å². The third-order valence-electron chi connectivity index (χ3n) is 4.35. The molecule has 144 valence electrons. The number of hydrogen-bond donors (Lipinski definition) is 2. The smallest absolute Gasteiger partial charge is 0.262 e. The lowest BCUT2D eigenvalue weighted by Gasteiger charge is -2.10. The van der Waals surface area contributed by atoms with Gasteiger partial charge in [0.25, 0.3) is 5.91 Å². The number of anilines is 1. The Hall–Kier alpha value is -2.44. The molecule has 28 heavy (non-hydrogen) atoms. The molecule has 3 aromatic rings. The Morgan fingerprint density at radius 2 is 1.79 bits per heavy atom. The van der Waals surface area contributed by atoms with Crippen LogP contribution in [0.3, 0.4) is 0 Å². The number of halogens is 1. The van der Waals surface area contributed by atoms with Gasteiger partial charge in [-0.15, -0.1) is 11.3 Å². The molecule has 0 spiro atoms. The van der Waals surface area contributed by atoms with Gasteiger partial charge in [-0.25, -0.2) is 0 Å². The SMILES string of the molecule is Cc1ccc(-c2ccsc2C(=O)NCCC(=O)Nc2cc(Br)ccc2C)cc1. The zero-order valence-electron chi connectivity index (χ0n) is 15.7. The number of amides is 2. The van der Waals surface area contributed by atoms with E-state index in [0.717, 1.165) is 26.9 Å². The lowest BCUT2D eigenvalue weighted by molar-refractivity contribution is -0.116. The lowest BCUT2D eigenvalue weighted by Crippen LogP contribution is -2.27. The highest BCUT2D eigenvalue weighted by molar-refractivity contribution is 9.10. The Labute approximate surface area is 177 Å². The summed E-state index contributed by atoms with van der Waals surface area (Å²) in [7, 11) is 0. The van der Waals surface area contributed by atoms with E-state index in [1.54, 1.807) is 0 Å². The van der Waals surface area contributed by atoms with Gasteiger partial charge in [-0.2, -0.15) is 0 Å². The number of nitrogens with one attached hydrogen (secondary N) is 2. The highest BCUT2D eigenvalue weighted by Crippen LogP contribution is 2.28. The minimum Gasteiger partial charge on any atom is -0.351 e. The molecule has 0 aliphatic rings. The molecule has 0 saturated carbocycles. The first-order valence-electron chi connectivity index (χ1n) is 8.93. The Morgan fingerprint density at radius 1 is 1.04 bits per heavy atom. The number of aryl methyl sites for hydroxylation is 2. The molecule has 0 fully saturated rings. The summed E-state index contributed by atoms with van der Waals surface area (Å²) in [6, 6.07) is 15.8. The van der Waals surface area contributed by atoms with E-state index in [1.165, 1.54) is 16.9 Å². The van der Waals surface area contributed by atoms with Crippen LogP contribution >= 0.6 is 27.3 Å². The van der Waals surface area contributed by atoms with Gasteiger partial charge in [0.15, 0.2) is 0 Å². The summed E-state index contributed by atoms with van der Waals surface area (Å²) in [6.07, 6.45) is 0.211. The van der Waals surface area contributed by atoms with E-state index in [9.17, 15) is 9.59 Å². The summed E-state index contributed by atoms with van der Waals surface area (Å²) in [5.41, 5.74) is 4.86. The molecule has 0 aliphatic heterocycles. The van der Waals surface area contributed by atoms with Crippen LogP contribution in [0.5, 0.6) is 0 Å². The molecule has 0 saturated heterocycles. The molecule has 0 bridgehead atoms. The maximum Gasteiger partial charge on any atom is 0.262 e. The van der Waals surface area contributed by atoms with Crippen molar-refractivity contribution in [2.75, 3.05) is 11.9 Å².